The molecule has 0 saturated heterocycles. The van der Waals surface area contributed by atoms with Crippen LogP contribution in [-0.4, -0.2) is 31.2 Å². The zero-order valence-corrected chi connectivity index (χ0v) is 16.4. The lowest BCUT2D eigenvalue weighted by Gasteiger charge is -2.16. The normalized spacial score (nSPS) is 11.8. The van der Waals surface area contributed by atoms with Crippen LogP contribution in [0.25, 0.3) is 0 Å². The van der Waals surface area contributed by atoms with E-state index in [1.54, 1.807) is 18.2 Å². The van der Waals surface area contributed by atoms with Gasteiger partial charge in [0.05, 0.1) is 5.69 Å². The minimum atomic E-state index is -3.03. The quantitative estimate of drug-likeness (QED) is 0.625. The molecule has 0 aliphatic heterocycles. The van der Waals surface area contributed by atoms with Gasteiger partial charge in [0.25, 0.3) is 5.91 Å². The van der Waals surface area contributed by atoms with Crippen molar-refractivity contribution < 1.29 is 32.6 Å². The summed E-state index contributed by atoms with van der Waals surface area (Å²) in [7, 11) is 0. The number of alkyl halides is 2. The molecule has 2 rings (SSSR count). The molecule has 2 aromatic rings. The van der Waals surface area contributed by atoms with Crippen LogP contribution in [0, 0.1) is 0 Å². The lowest BCUT2D eigenvalue weighted by molar-refractivity contribution is -0.155. The summed E-state index contributed by atoms with van der Waals surface area (Å²) in [6.07, 6.45) is -1.16. The van der Waals surface area contributed by atoms with E-state index in [2.05, 4.69) is 23.9 Å². The molecule has 6 nitrogen and oxygen atoms in total. The van der Waals surface area contributed by atoms with E-state index in [0.29, 0.717) is 11.7 Å². The fourth-order valence-electron chi connectivity index (χ4n) is 2.38. The standard InChI is InChI=1S/C21H23F2NO5/c1-13(2)15-8-10-16(11-9-15)27-12-19(25)28-14(3)20(26)24-17-6-4-5-7-18(17)29-21(22)23/h4-11,13-14,21H,12H2,1-3H3,(H,24,26)/t14-/m1/s1. The van der Waals surface area contributed by atoms with Crippen LogP contribution in [0.5, 0.6) is 11.5 Å². The van der Waals surface area contributed by atoms with Gasteiger partial charge < -0.3 is 19.5 Å². The van der Waals surface area contributed by atoms with Crippen molar-refractivity contribution in [1.82, 2.24) is 0 Å². The molecular formula is C21H23F2NO5. The van der Waals surface area contributed by atoms with Gasteiger partial charge in [0.2, 0.25) is 0 Å². The molecule has 0 radical (unpaired) electrons. The van der Waals surface area contributed by atoms with Crippen LogP contribution < -0.4 is 14.8 Å². The van der Waals surface area contributed by atoms with Crippen LogP contribution >= 0.6 is 0 Å². The highest BCUT2D eigenvalue weighted by Crippen LogP contribution is 2.25. The zero-order valence-electron chi connectivity index (χ0n) is 16.4. The largest absolute Gasteiger partial charge is 0.482 e. The van der Waals surface area contributed by atoms with Gasteiger partial charge in [-0.25, -0.2) is 4.79 Å². The second-order valence-electron chi connectivity index (χ2n) is 6.51. The summed E-state index contributed by atoms with van der Waals surface area (Å²) < 4.78 is 39.6. The maximum absolute atomic E-state index is 12.4. The fraction of sp³-hybridized carbons (Fsp3) is 0.333. The third-order valence-electron chi connectivity index (χ3n) is 3.94. The minimum absolute atomic E-state index is 0.0437. The van der Waals surface area contributed by atoms with Crippen molar-refractivity contribution in [2.45, 2.75) is 39.4 Å². The summed E-state index contributed by atoms with van der Waals surface area (Å²) >= 11 is 0. The number of benzene rings is 2. The predicted molar refractivity (Wildman–Crippen MR) is 103 cm³/mol. The van der Waals surface area contributed by atoms with E-state index in [0.717, 1.165) is 5.56 Å². The molecule has 1 amide bonds. The number of para-hydroxylation sites is 2. The third-order valence-corrected chi connectivity index (χ3v) is 3.94. The maximum Gasteiger partial charge on any atom is 0.387 e. The maximum atomic E-state index is 12.4. The van der Waals surface area contributed by atoms with Gasteiger partial charge in [-0.3, -0.25) is 4.79 Å². The molecule has 8 heteroatoms. The average Bonchev–Trinajstić information content (AvgIpc) is 2.67. The molecule has 0 aliphatic rings. The molecule has 29 heavy (non-hydrogen) atoms. The van der Waals surface area contributed by atoms with Crippen LogP contribution in [0.3, 0.4) is 0 Å². The Bertz CT molecular complexity index is 824. The van der Waals surface area contributed by atoms with Crippen LogP contribution in [0.15, 0.2) is 48.5 Å². The number of carbonyl (C=O) groups is 2. The van der Waals surface area contributed by atoms with Gasteiger partial charge in [-0.2, -0.15) is 8.78 Å². The summed E-state index contributed by atoms with van der Waals surface area (Å²) in [6, 6.07) is 13.0. The second-order valence-corrected chi connectivity index (χ2v) is 6.51. The first-order valence-electron chi connectivity index (χ1n) is 9.03. The van der Waals surface area contributed by atoms with E-state index < -0.39 is 24.6 Å². The molecule has 0 fully saturated rings. The Morgan fingerprint density at radius 1 is 1.00 bits per heavy atom. The van der Waals surface area contributed by atoms with E-state index >= 15 is 0 Å². The summed E-state index contributed by atoms with van der Waals surface area (Å²) in [4.78, 5) is 24.1. The number of hydrogen-bond acceptors (Lipinski definition) is 5. The number of halogens is 2. The van der Waals surface area contributed by atoms with Crippen molar-refractivity contribution in [2.24, 2.45) is 0 Å². The van der Waals surface area contributed by atoms with E-state index in [9.17, 15) is 18.4 Å². The van der Waals surface area contributed by atoms with Crippen molar-refractivity contribution in [3.05, 3.63) is 54.1 Å². The lowest BCUT2D eigenvalue weighted by Crippen LogP contribution is -2.31. The Hall–Kier alpha value is -3.16. The molecule has 1 atom stereocenters. The first-order valence-corrected chi connectivity index (χ1v) is 9.03. The topological polar surface area (TPSA) is 73.9 Å². The molecule has 1 N–H and O–H groups in total. The molecule has 0 aliphatic carbocycles. The molecule has 0 unspecified atom stereocenters. The van der Waals surface area contributed by atoms with Crippen molar-refractivity contribution in [3.8, 4) is 11.5 Å². The van der Waals surface area contributed by atoms with Gasteiger partial charge >= 0.3 is 12.6 Å². The summed E-state index contributed by atoms with van der Waals surface area (Å²) in [5.41, 5.74) is 1.18. The first kappa shape index (κ1) is 22.1. The molecule has 2 aromatic carbocycles. The zero-order chi connectivity index (χ0) is 21.4. The molecule has 0 bridgehead atoms. The highest BCUT2D eigenvalue weighted by atomic mass is 19.3. The molecular weight excluding hydrogens is 384 g/mol. The van der Waals surface area contributed by atoms with Crippen LogP contribution in [-0.2, 0) is 14.3 Å². The first-order chi connectivity index (χ1) is 13.8. The number of ether oxygens (including phenoxy) is 3. The average molecular weight is 407 g/mol. The summed E-state index contributed by atoms with van der Waals surface area (Å²) in [6.45, 7) is 2.09. The Balaban J connectivity index is 1.85. The SMILES string of the molecule is CC(C)c1ccc(OCC(=O)O[C@H](C)C(=O)Nc2ccccc2OC(F)F)cc1. The number of carbonyl (C=O) groups excluding carboxylic acids is 2. The van der Waals surface area contributed by atoms with Gasteiger partial charge in [0.15, 0.2) is 12.7 Å². The Labute approximate surface area is 167 Å². The van der Waals surface area contributed by atoms with Crippen LogP contribution in [0.2, 0.25) is 0 Å². The number of hydrogen-bond donors (Lipinski definition) is 1. The Morgan fingerprint density at radius 2 is 1.66 bits per heavy atom. The number of amides is 1. The third kappa shape index (κ3) is 7.06. The number of anilines is 1. The number of esters is 1. The molecule has 156 valence electrons. The summed E-state index contributed by atoms with van der Waals surface area (Å²) in [5, 5.41) is 2.40. The second kappa shape index (κ2) is 10.4. The lowest BCUT2D eigenvalue weighted by atomic mass is 10.0. The highest BCUT2D eigenvalue weighted by Gasteiger charge is 2.20. The molecule has 0 spiro atoms. The molecule has 0 saturated carbocycles. The minimum Gasteiger partial charge on any atom is -0.482 e. The van der Waals surface area contributed by atoms with E-state index in [-0.39, 0.29) is 18.0 Å². The van der Waals surface area contributed by atoms with Gasteiger partial charge in [-0.05, 0) is 42.7 Å². The van der Waals surface area contributed by atoms with Gasteiger partial charge in [0, 0.05) is 0 Å². The van der Waals surface area contributed by atoms with Crippen molar-refractivity contribution in [3.63, 3.8) is 0 Å². The van der Waals surface area contributed by atoms with Gasteiger partial charge in [-0.1, -0.05) is 38.1 Å². The van der Waals surface area contributed by atoms with E-state index in [1.807, 2.05) is 12.1 Å². The Morgan fingerprint density at radius 3 is 2.28 bits per heavy atom. The predicted octanol–water partition coefficient (Wildman–Crippen LogP) is 4.36. The van der Waals surface area contributed by atoms with Gasteiger partial charge in [0.1, 0.15) is 11.5 Å². The van der Waals surface area contributed by atoms with Crippen molar-refractivity contribution in [2.75, 3.05) is 11.9 Å². The van der Waals surface area contributed by atoms with Crippen LogP contribution in [0.4, 0.5) is 14.5 Å². The Kier molecular flexibility index (Phi) is 7.94. The number of nitrogens with one attached hydrogen (secondary N) is 1. The van der Waals surface area contributed by atoms with Gasteiger partial charge in [-0.15, -0.1) is 0 Å². The highest BCUT2D eigenvalue weighted by molar-refractivity contribution is 5.96. The monoisotopic (exact) mass is 407 g/mol. The molecule has 0 aromatic heterocycles. The smallest absolute Gasteiger partial charge is 0.387 e. The van der Waals surface area contributed by atoms with E-state index in [1.165, 1.54) is 25.1 Å². The van der Waals surface area contributed by atoms with E-state index in [4.69, 9.17) is 9.47 Å². The molecule has 0 heterocycles. The summed E-state index contributed by atoms with van der Waals surface area (Å²) in [5.74, 6) is -0.739. The fourth-order valence-corrected chi connectivity index (χ4v) is 2.38. The van der Waals surface area contributed by atoms with Crippen molar-refractivity contribution in [1.29, 1.82) is 0 Å². The van der Waals surface area contributed by atoms with Crippen molar-refractivity contribution >= 4 is 17.6 Å². The van der Waals surface area contributed by atoms with Crippen LogP contribution in [0.1, 0.15) is 32.3 Å². The number of rotatable bonds is 9.